The van der Waals surface area contributed by atoms with Gasteiger partial charge in [0, 0.05) is 18.3 Å². The molecule has 35 heavy (non-hydrogen) atoms. The average Bonchev–Trinajstić information content (AvgIpc) is 2.79. The van der Waals surface area contributed by atoms with Crippen molar-refractivity contribution in [3.63, 3.8) is 0 Å². The highest BCUT2D eigenvalue weighted by atomic mass is 35.5. The minimum Gasteiger partial charge on any atom is -0.348 e. The van der Waals surface area contributed by atoms with Crippen molar-refractivity contribution in [3.05, 3.63) is 92.7 Å². The smallest absolute Gasteiger partial charge is 0.348 e. The van der Waals surface area contributed by atoms with Crippen LogP contribution in [0.2, 0.25) is 10.0 Å². The first-order chi connectivity index (χ1) is 16.4. The fourth-order valence-electron chi connectivity index (χ4n) is 3.10. The van der Waals surface area contributed by atoms with Gasteiger partial charge in [-0.1, -0.05) is 41.4 Å². The summed E-state index contributed by atoms with van der Waals surface area (Å²) in [5.41, 5.74) is 1.07. The minimum absolute atomic E-state index is 0.0243. The maximum Gasteiger partial charge on any atom is 0.433 e. The van der Waals surface area contributed by atoms with Crippen LogP contribution in [0, 0.1) is 6.92 Å². The molecule has 1 heterocycles. The molecule has 0 unspecified atom stereocenters. The standard InChI is InChI=1S/C23H20Cl2F3N3O3S/c1-14-11-17(22(32)30-13-15-5-8-20(29-12-15)23(26,27)28)6-7-19(14)31-35(33,34)10-9-16-3-2-4-18(24)21(16)25/h2-8,11-12,31H,9-10,13H2,1H3,(H,30,32). The van der Waals surface area contributed by atoms with E-state index in [2.05, 4.69) is 15.0 Å². The lowest BCUT2D eigenvalue weighted by Crippen LogP contribution is -2.23. The van der Waals surface area contributed by atoms with E-state index >= 15 is 0 Å². The first kappa shape index (κ1) is 26.8. The number of hydrogen-bond acceptors (Lipinski definition) is 4. The Morgan fingerprint density at radius 1 is 1.09 bits per heavy atom. The van der Waals surface area contributed by atoms with Gasteiger partial charge in [0.25, 0.3) is 5.91 Å². The summed E-state index contributed by atoms with van der Waals surface area (Å²) in [6, 6.07) is 11.5. The fourth-order valence-corrected chi connectivity index (χ4v) is 4.67. The van der Waals surface area contributed by atoms with E-state index in [-0.39, 0.29) is 24.3 Å². The van der Waals surface area contributed by atoms with Crippen LogP contribution in [-0.2, 0) is 29.2 Å². The van der Waals surface area contributed by atoms with Gasteiger partial charge in [-0.2, -0.15) is 13.2 Å². The van der Waals surface area contributed by atoms with Gasteiger partial charge in [0.1, 0.15) is 5.69 Å². The molecular weight excluding hydrogens is 526 g/mol. The number of aromatic nitrogens is 1. The zero-order valence-corrected chi connectivity index (χ0v) is 20.6. The van der Waals surface area contributed by atoms with Crippen LogP contribution in [0.3, 0.4) is 0 Å². The second-order valence-corrected chi connectivity index (χ2v) is 10.3. The molecule has 3 aromatic rings. The van der Waals surface area contributed by atoms with Gasteiger partial charge in [-0.15, -0.1) is 0 Å². The van der Waals surface area contributed by atoms with Crippen LogP contribution < -0.4 is 10.0 Å². The molecule has 12 heteroatoms. The van der Waals surface area contributed by atoms with Crippen molar-refractivity contribution < 1.29 is 26.4 Å². The normalized spacial score (nSPS) is 11.8. The highest BCUT2D eigenvalue weighted by Crippen LogP contribution is 2.28. The number of nitrogens with one attached hydrogen (secondary N) is 2. The van der Waals surface area contributed by atoms with E-state index < -0.39 is 27.8 Å². The van der Waals surface area contributed by atoms with Gasteiger partial charge in [-0.05, 0) is 60.4 Å². The Morgan fingerprint density at radius 3 is 2.46 bits per heavy atom. The van der Waals surface area contributed by atoms with E-state index in [1.807, 2.05) is 0 Å². The molecule has 0 saturated heterocycles. The molecule has 0 saturated carbocycles. The molecular formula is C23H20Cl2F3N3O3S. The number of benzene rings is 2. The number of nitrogens with zero attached hydrogens (tertiary/aromatic N) is 1. The van der Waals surface area contributed by atoms with Crippen molar-refractivity contribution in [2.75, 3.05) is 10.5 Å². The number of sulfonamides is 1. The van der Waals surface area contributed by atoms with Crippen LogP contribution >= 0.6 is 23.2 Å². The largest absolute Gasteiger partial charge is 0.433 e. The molecule has 2 aromatic carbocycles. The highest BCUT2D eigenvalue weighted by molar-refractivity contribution is 7.92. The molecule has 0 bridgehead atoms. The Balaban J connectivity index is 1.60. The summed E-state index contributed by atoms with van der Waals surface area (Å²) in [4.78, 5) is 15.8. The van der Waals surface area contributed by atoms with Crippen molar-refractivity contribution >= 4 is 44.8 Å². The predicted octanol–water partition coefficient (Wildman–Crippen LogP) is 5.63. The summed E-state index contributed by atoms with van der Waals surface area (Å²) >= 11 is 12.1. The van der Waals surface area contributed by atoms with Crippen LogP contribution in [0.5, 0.6) is 0 Å². The van der Waals surface area contributed by atoms with E-state index in [0.29, 0.717) is 32.4 Å². The first-order valence-electron chi connectivity index (χ1n) is 10.2. The summed E-state index contributed by atoms with van der Waals surface area (Å²) in [5, 5.41) is 3.24. The van der Waals surface area contributed by atoms with Crippen molar-refractivity contribution in [1.29, 1.82) is 0 Å². The molecule has 1 amide bonds. The first-order valence-corrected chi connectivity index (χ1v) is 12.6. The van der Waals surface area contributed by atoms with Gasteiger partial charge >= 0.3 is 6.18 Å². The number of carbonyl (C=O) groups is 1. The number of anilines is 1. The second kappa shape index (κ2) is 10.8. The Labute approximate surface area is 210 Å². The number of pyridine rings is 1. The number of halogens is 5. The van der Waals surface area contributed by atoms with E-state index in [0.717, 1.165) is 12.3 Å². The Bertz CT molecular complexity index is 1330. The third kappa shape index (κ3) is 7.33. The molecule has 3 rings (SSSR count). The molecule has 0 fully saturated rings. The van der Waals surface area contributed by atoms with Crippen molar-refractivity contribution in [1.82, 2.24) is 10.3 Å². The number of hydrogen-bond donors (Lipinski definition) is 2. The highest BCUT2D eigenvalue weighted by Gasteiger charge is 2.32. The monoisotopic (exact) mass is 545 g/mol. The topological polar surface area (TPSA) is 88.2 Å². The van der Waals surface area contributed by atoms with E-state index in [1.54, 1.807) is 25.1 Å². The maximum absolute atomic E-state index is 12.6. The zero-order chi connectivity index (χ0) is 25.8. The van der Waals surface area contributed by atoms with Crippen LogP contribution in [0.25, 0.3) is 0 Å². The maximum atomic E-state index is 12.6. The SMILES string of the molecule is Cc1cc(C(=O)NCc2ccc(C(F)(F)F)nc2)ccc1NS(=O)(=O)CCc1cccc(Cl)c1Cl. The third-order valence-corrected chi connectivity index (χ3v) is 7.12. The van der Waals surface area contributed by atoms with Crippen molar-refractivity contribution in [2.45, 2.75) is 26.1 Å². The molecule has 186 valence electrons. The lowest BCUT2D eigenvalue weighted by molar-refractivity contribution is -0.141. The van der Waals surface area contributed by atoms with E-state index in [9.17, 15) is 26.4 Å². The van der Waals surface area contributed by atoms with Gasteiger partial charge in [0.15, 0.2) is 0 Å². The number of aryl methyl sites for hydroxylation is 2. The summed E-state index contributed by atoms with van der Waals surface area (Å²) in [6.45, 7) is 1.62. The lowest BCUT2D eigenvalue weighted by atomic mass is 10.1. The molecule has 0 aliphatic heterocycles. The third-order valence-electron chi connectivity index (χ3n) is 4.99. The number of amides is 1. The second-order valence-electron chi connectivity index (χ2n) is 7.65. The number of carbonyl (C=O) groups excluding carboxylic acids is 1. The molecule has 6 nitrogen and oxygen atoms in total. The number of alkyl halides is 3. The molecule has 0 aliphatic rings. The van der Waals surface area contributed by atoms with Crippen LogP contribution in [0.1, 0.15) is 32.7 Å². The molecule has 2 N–H and O–H groups in total. The summed E-state index contributed by atoms with van der Waals surface area (Å²) < 4.78 is 65.4. The molecule has 0 aliphatic carbocycles. The fraction of sp³-hybridized carbons (Fsp3) is 0.217. The van der Waals surface area contributed by atoms with Crippen LogP contribution in [-0.4, -0.2) is 25.1 Å². The summed E-state index contributed by atoms with van der Waals surface area (Å²) in [5.74, 6) is -0.700. The Morgan fingerprint density at radius 2 is 1.83 bits per heavy atom. The summed E-state index contributed by atoms with van der Waals surface area (Å²) in [6.07, 6.45) is -3.33. The Hall–Kier alpha value is -2.82. The van der Waals surface area contributed by atoms with Gasteiger partial charge in [-0.25, -0.2) is 8.42 Å². The molecule has 0 atom stereocenters. The lowest BCUT2D eigenvalue weighted by Gasteiger charge is -2.13. The van der Waals surface area contributed by atoms with E-state index in [1.165, 1.54) is 24.3 Å². The van der Waals surface area contributed by atoms with Gasteiger partial charge in [-0.3, -0.25) is 14.5 Å². The summed E-state index contributed by atoms with van der Waals surface area (Å²) in [7, 11) is -3.72. The van der Waals surface area contributed by atoms with Crippen LogP contribution in [0.15, 0.2) is 54.7 Å². The van der Waals surface area contributed by atoms with Gasteiger partial charge in [0.2, 0.25) is 10.0 Å². The van der Waals surface area contributed by atoms with Crippen molar-refractivity contribution in [2.24, 2.45) is 0 Å². The average molecular weight is 546 g/mol. The van der Waals surface area contributed by atoms with Crippen LogP contribution in [0.4, 0.5) is 18.9 Å². The molecule has 1 aromatic heterocycles. The number of rotatable bonds is 8. The van der Waals surface area contributed by atoms with Crippen molar-refractivity contribution in [3.8, 4) is 0 Å². The quantitative estimate of drug-likeness (QED) is 0.384. The predicted molar refractivity (Wildman–Crippen MR) is 129 cm³/mol. The molecule has 0 spiro atoms. The van der Waals surface area contributed by atoms with Gasteiger partial charge in [0.05, 0.1) is 21.5 Å². The Kier molecular flexibility index (Phi) is 8.30. The van der Waals surface area contributed by atoms with Gasteiger partial charge < -0.3 is 5.32 Å². The minimum atomic E-state index is -4.54. The zero-order valence-electron chi connectivity index (χ0n) is 18.3. The molecule has 0 radical (unpaired) electrons. The van der Waals surface area contributed by atoms with E-state index in [4.69, 9.17) is 23.2 Å².